The zero-order chi connectivity index (χ0) is 23.7. The van der Waals surface area contributed by atoms with Crippen LogP contribution in [0.2, 0.25) is 0 Å². The Bertz CT molecular complexity index is 1090. The zero-order valence-corrected chi connectivity index (χ0v) is 20.4. The molecule has 0 atom stereocenters. The van der Waals surface area contributed by atoms with E-state index in [-0.39, 0.29) is 5.56 Å². The smallest absolute Gasteiger partial charge is 0.264 e. The van der Waals surface area contributed by atoms with E-state index in [2.05, 4.69) is 10.6 Å². The highest BCUT2D eigenvalue weighted by molar-refractivity contribution is 7.15. The van der Waals surface area contributed by atoms with Gasteiger partial charge in [-0.15, -0.1) is 11.3 Å². The van der Waals surface area contributed by atoms with Crippen molar-refractivity contribution in [3.8, 4) is 10.4 Å². The number of halogens is 2. The molecule has 5 nitrogen and oxygen atoms in total. The Morgan fingerprint density at radius 2 is 2.06 bits per heavy atom. The molecule has 3 N–H and O–H groups in total. The maximum absolute atomic E-state index is 14.2. The van der Waals surface area contributed by atoms with Gasteiger partial charge in [-0.05, 0) is 62.4 Å². The van der Waals surface area contributed by atoms with Crippen molar-refractivity contribution in [2.75, 3.05) is 37.7 Å². The molecule has 0 radical (unpaired) electrons. The number of rotatable bonds is 5. The molecule has 8 heteroatoms. The third-order valence-electron chi connectivity index (χ3n) is 6.98. The van der Waals surface area contributed by atoms with E-state index in [0.717, 1.165) is 84.1 Å². The number of ether oxygens (including phenoxy) is 1. The van der Waals surface area contributed by atoms with E-state index in [0.29, 0.717) is 30.5 Å². The fraction of sp³-hybridized carbons (Fsp3) is 0.500. The van der Waals surface area contributed by atoms with E-state index in [4.69, 9.17) is 10.1 Å². The third-order valence-corrected chi connectivity index (χ3v) is 8.02. The van der Waals surface area contributed by atoms with Crippen molar-refractivity contribution >= 4 is 22.9 Å². The van der Waals surface area contributed by atoms with Gasteiger partial charge in [0.1, 0.15) is 5.84 Å². The monoisotopic (exact) mass is 486 g/mol. The maximum Gasteiger partial charge on any atom is 0.264 e. The van der Waals surface area contributed by atoms with E-state index >= 15 is 0 Å². The summed E-state index contributed by atoms with van der Waals surface area (Å²) in [4.78, 5) is 3.94. The Hall–Kier alpha value is -2.29. The number of nitrogens with one attached hydrogen (secondary N) is 3. The second kappa shape index (κ2) is 10.1. The lowest BCUT2D eigenvalue weighted by molar-refractivity contribution is 0.0800. The molecule has 1 saturated heterocycles. The van der Waals surface area contributed by atoms with E-state index in [1.165, 1.54) is 0 Å². The van der Waals surface area contributed by atoms with Crippen molar-refractivity contribution in [3.63, 3.8) is 0 Å². The molecule has 0 unspecified atom stereocenters. The summed E-state index contributed by atoms with van der Waals surface area (Å²) in [5.74, 6) is 0.419. The van der Waals surface area contributed by atoms with Crippen LogP contribution in [0.15, 0.2) is 35.5 Å². The van der Waals surface area contributed by atoms with Gasteiger partial charge in [0.15, 0.2) is 0 Å². The summed E-state index contributed by atoms with van der Waals surface area (Å²) >= 11 is 1.55. The fourth-order valence-electron chi connectivity index (χ4n) is 5.18. The number of thiophene rings is 1. The Balaban J connectivity index is 1.49. The van der Waals surface area contributed by atoms with Gasteiger partial charge in [-0.25, -0.2) is 8.78 Å². The van der Waals surface area contributed by atoms with Crippen LogP contribution >= 0.6 is 11.3 Å². The molecule has 182 valence electrons. The number of anilines is 1. The fourth-order valence-corrected chi connectivity index (χ4v) is 6.08. The van der Waals surface area contributed by atoms with Gasteiger partial charge in [0, 0.05) is 83.1 Å². The molecule has 5 rings (SSSR count). The van der Waals surface area contributed by atoms with Gasteiger partial charge in [-0.2, -0.15) is 0 Å². The Kier molecular flexibility index (Phi) is 6.99. The minimum absolute atomic E-state index is 0.0524. The van der Waals surface area contributed by atoms with Crippen molar-refractivity contribution in [2.24, 2.45) is 0 Å². The van der Waals surface area contributed by atoms with Crippen molar-refractivity contribution < 1.29 is 13.5 Å². The lowest BCUT2D eigenvalue weighted by atomic mass is 9.93. The minimum Gasteiger partial charge on any atom is -0.385 e. The molecule has 0 saturated carbocycles. The lowest BCUT2D eigenvalue weighted by Gasteiger charge is -2.36. The quantitative estimate of drug-likeness (QED) is 0.391. The van der Waals surface area contributed by atoms with Gasteiger partial charge in [0.25, 0.3) is 6.43 Å². The zero-order valence-electron chi connectivity index (χ0n) is 19.6. The highest BCUT2D eigenvalue weighted by Crippen LogP contribution is 2.41. The lowest BCUT2D eigenvalue weighted by Crippen LogP contribution is -2.44. The highest BCUT2D eigenvalue weighted by Gasteiger charge is 2.29. The van der Waals surface area contributed by atoms with Gasteiger partial charge in [0.2, 0.25) is 0 Å². The molecule has 1 aromatic carbocycles. The molecule has 0 aliphatic carbocycles. The summed E-state index contributed by atoms with van der Waals surface area (Å²) in [7, 11) is 0. The summed E-state index contributed by atoms with van der Waals surface area (Å²) in [5, 5.41) is 16.2. The summed E-state index contributed by atoms with van der Waals surface area (Å²) in [5.41, 5.74) is 4.54. The average Bonchev–Trinajstić information content (AvgIpc) is 3.29. The first-order chi connectivity index (χ1) is 16.5. The molecule has 0 bridgehead atoms. The first-order valence-corrected chi connectivity index (χ1v) is 13.0. The molecular weight excluding hydrogens is 454 g/mol. The van der Waals surface area contributed by atoms with E-state index in [1.54, 1.807) is 17.4 Å². The van der Waals surface area contributed by atoms with Crippen LogP contribution in [0.3, 0.4) is 0 Å². The number of amidine groups is 1. The molecule has 1 fully saturated rings. The average molecular weight is 487 g/mol. The summed E-state index contributed by atoms with van der Waals surface area (Å²) < 4.78 is 33.9. The minimum atomic E-state index is -2.57. The van der Waals surface area contributed by atoms with Crippen LogP contribution in [0, 0.1) is 12.3 Å². The summed E-state index contributed by atoms with van der Waals surface area (Å²) in [6.45, 7) is 5.67. The molecular formula is C26H32F2N4OS. The molecule has 3 aliphatic rings. The number of fused-ring (bicyclic) bond motifs is 1. The maximum atomic E-state index is 14.2. The van der Waals surface area contributed by atoms with Crippen molar-refractivity contribution in [2.45, 2.75) is 51.5 Å². The number of aryl methyl sites for hydroxylation is 2. The van der Waals surface area contributed by atoms with Crippen LogP contribution in [0.5, 0.6) is 0 Å². The Labute approximate surface area is 203 Å². The molecule has 3 aliphatic heterocycles. The summed E-state index contributed by atoms with van der Waals surface area (Å²) in [6.07, 6.45) is 1.94. The molecule has 34 heavy (non-hydrogen) atoms. The normalized spacial score (nSPS) is 19.5. The predicted molar refractivity (Wildman–Crippen MR) is 134 cm³/mol. The van der Waals surface area contributed by atoms with E-state index < -0.39 is 6.43 Å². The molecule has 2 aromatic rings. The van der Waals surface area contributed by atoms with E-state index in [1.807, 2.05) is 30.0 Å². The van der Waals surface area contributed by atoms with Crippen LogP contribution in [0.1, 0.15) is 48.1 Å². The van der Waals surface area contributed by atoms with Crippen LogP contribution < -0.4 is 15.5 Å². The van der Waals surface area contributed by atoms with Crippen LogP contribution in [-0.2, 0) is 11.2 Å². The second-order valence-corrected chi connectivity index (χ2v) is 10.6. The standard InChI is InChI=1S/C26H32F2N4OS/c1-16-4-5-24(34-16)19-13-17-3-2-10-32(23(17)14-20(19)25(27)28)26(29)21-15-30-9-6-22(21)31-18-7-11-33-12-8-18/h4-5,13-14,18,25,29-31H,2-3,6-12,15H2,1H3. The van der Waals surface area contributed by atoms with Crippen LogP contribution in [0.4, 0.5) is 14.5 Å². The van der Waals surface area contributed by atoms with Crippen molar-refractivity contribution in [1.82, 2.24) is 10.6 Å². The Morgan fingerprint density at radius 1 is 1.24 bits per heavy atom. The molecule has 4 heterocycles. The molecule has 0 spiro atoms. The van der Waals surface area contributed by atoms with Gasteiger partial charge < -0.3 is 20.3 Å². The number of hydrogen-bond acceptors (Lipinski definition) is 5. The van der Waals surface area contributed by atoms with E-state index in [9.17, 15) is 8.78 Å². The van der Waals surface area contributed by atoms with Gasteiger partial charge in [0.05, 0.1) is 0 Å². The number of nitrogens with zero attached hydrogens (tertiary/aromatic N) is 1. The number of hydrogen-bond donors (Lipinski definition) is 3. The first kappa shape index (κ1) is 23.5. The second-order valence-electron chi connectivity index (χ2n) is 9.30. The third kappa shape index (κ3) is 4.76. The van der Waals surface area contributed by atoms with Crippen LogP contribution in [-0.4, -0.2) is 44.7 Å². The van der Waals surface area contributed by atoms with Crippen molar-refractivity contribution in [3.05, 3.63) is 51.5 Å². The highest BCUT2D eigenvalue weighted by atomic mass is 32.1. The number of benzene rings is 1. The van der Waals surface area contributed by atoms with Crippen LogP contribution in [0.25, 0.3) is 10.4 Å². The predicted octanol–water partition coefficient (Wildman–Crippen LogP) is 5.41. The van der Waals surface area contributed by atoms with Crippen molar-refractivity contribution in [1.29, 1.82) is 5.41 Å². The summed E-state index contributed by atoms with van der Waals surface area (Å²) in [6, 6.07) is 7.85. The Morgan fingerprint density at radius 3 is 2.79 bits per heavy atom. The van der Waals surface area contributed by atoms with Gasteiger partial charge in [-0.3, -0.25) is 5.41 Å². The number of alkyl halides is 2. The van der Waals surface area contributed by atoms with Gasteiger partial charge >= 0.3 is 0 Å². The largest absolute Gasteiger partial charge is 0.385 e. The van der Waals surface area contributed by atoms with Gasteiger partial charge in [-0.1, -0.05) is 0 Å². The molecule has 0 amide bonds. The molecule has 1 aromatic heterocycles. The first-order valence-electron chi connectivity index (χ1n) is 12.2. The SMILES string of the molecule is Cc1ccc(-c2cc3c(cc2C(F)F)N(C(=N)C2=C(NC4CCOCC4)CCNC2)CCC3)s1. The topological polar surface area (TPSA) is 60.4 Å².